The molecule has 1 saturated carbocycles. The summed E-state index contributed by atoms with van der Waals surface area (Å²) < 4.78 is 5.33. The van der Waals surface area contributed by atoms with Crippen molar-refractivity contribution in [1.82, 2.24) is 15.2 Å². The zero-order valence-electron chi connectivity index (χ0n) is 16.5. The van der Waals surface area contributed by atoms with Gasteiger partial charge >= 0.3 is 0 Å². The Bertz CT molecular complexity index is 991. The monoisotopic (exact) mass is 407 g/mol. The second-order valence-corrected chi connectivity index (χ2v) is 6.90. The fourth-order valence-electron chi connectivity index (χ4n) is 2.87. The summed E-state index contributed by atoms with van der Waals surface area (Å²) in [5, 5.41) is 8.75. The Balaban J connectivity index is 1.87. The minimum absolute atomic E-state index is 0.225. The first kappa shape index (κ1) is 20.7. The van der Waals surface area contributed by atoms with E-state index in [-0.39, 0.29) is 11.8 Å². The highest BCUT2D eigenvalue weighted by Gasteiger charge is 2.39. The summed E-state index contributed by atoms with van der Waals surface area (Å²) in [4.78, 5) is 12.3. The third-order valence-corrected chi connectivity index (χ3v) is 4.76. The summed E-state index contributed by atoms with van der Waals surface area (Å²) in [6.45, 7) is 6.32. The van der Waals surface area contributed by atoms with E-state index in [2.05, 4.69) is 50.6 Å². The van der Waals surface area contributed by atoms with E-state index in [9.17, 15) is 0 Å². The van der Waals surface area contributed by atoms with Crippen LogP contribution in [-0.2, 0) is 4.74 Å². The molecule has 0 spiro atoms. The van der Waals surface area contributed by atoms with Crippen LogP contribution in [0.5, 0.6) is 0 Å². The lowest BCUT2D eigenvalue weighted by molar-refractivity contribution is 0.292. The Morgan fingerprint density at radius 1 is 1.38 bits per heavy atom. The van der Waals surface area contributed by atoms with Gasteiger partial charge in [0.05, 0.1) is 12.7 Å². The second-order valence-electron chi connectivity index (χ2n) is 6.55. The molecule has 0 radical (unpaired) electrons. The number of hydrogen-bond donors (Lipinski definition) is 0. The van der Waals surface area contributed by atoms with Gasteiger partial charge in [0.25, 0.3) is 0 Å². The molecule has 2 heterocycles. The van der Waals surface area contributed by atoms with Gasteiger partial charge < -0.3 is 4.74 Å². The lowest BCUT2D eigenvalue weighted by Crippen LogP contribution is -2.02. The van der Waals surface area contributed by atoms with Gasteiger partial charge in [-0.05, 0) is 43.3 Å². The van der Waals surface area contributed by atoms with Crippen LogP contribution in [0.15, 0.2) is 46.5 Å². The van der Waals surface area contributed by atoms with Crippen molar-refractivity contribution in [3.05, 3.63) is 58.4 Å². The minimum atomic E-state index is 0.225. The van der Waals surface area contributed by atoms with E-state index in [1.807, 2.05) is 18.2 Å². The minimum Gasteiger partial charge on any atom is -0.480 e. The molecular weight excluding hydrogens is 386 g/mol. The SMILES string of the molecule is C=N/C(OC)=C(\C=NCCC)c1cc(C2CC2C#Cc2ccncc2)c(Cl)nn1. The van der Waals surface area contributed by atoms with Crippen LogP contribution >= 0.6 is 11.6 Å². The summed E-state index contributed by atoms with van der Waals surface area (Å²) in [7, 11) is 1.54. The van der Waals surface area contributed by atoms with Crippen LogP contribution < -0.4 is 0 Å². The molecule has 7 heteroatoms. The van der Waals surface area contributed by atoms with Gasteiger partial charge in [-0.1, -0.05) is 30.4 Å². The lowest BCUT2D eigenvalue weighted by Gasteiger charge is -2.08. The van der Waals surface area contributed by atoms with Crippen molar-refractivity contribution in [2.45, 2.75) is 25.7 Å². The fourth-order valence-corrected chi connectivity index (χ4v) is 3.10. The highest BCUT2D eigenvalue weighted by Crippen LogP contribution is 2.49. The summed E-state index contributed by atoms with van der Waals surface area (Å²) in [5.41, 5.74) is 3.10. The lowest BCUT2D eigenvalue weighted by atomic mass is 10.1. The summed E-state index contributed by atoms with van der Waals surface area (Å²) >= 11 is 6.35. The Morgan fingerprint density at radius 2 is 2.17 bits per heavy atom. The highest BCUT2D eigenvalue weighted by atomic mass is 35.5. The van der Waals surface area contributed by atoms with Gasteiger partial charge in [-0.2, -0.15) is 0 Å². The molecule has 2 aromatic heterocycles. The van der Waals surface area contributed by atoms with Gasteiger partial charge in [0, 0.05) is 42.6 Å². The van der Waals surface area contributed by atoms with Crippen molar-refractivity contribution in [2.75, 3.05) is 13.7 Å². The van der Waals surface area contributed by atoms with Crippen LogP contribution in [-0.4, -0.2) is 41.8 Å². The predicted octanol–water partition coefficient (Wildman–Crippen LogP) is 4.18. The molecule has 2 unspecified atom stereocenters. The normalized spacial score (nSPS) is 18.6. The Kier molecular flexibility index (Phi) is 7.09. The molecule has 2 atom stereocenters. The van der Waals surface area contributed by atoms with E-state index in [0.717, 1.165) is 24.0 Å². The molecule has 0 bridgehead atoms. The number of aromatic nitrogens is 3. The average Bonchev–Trinajstić information content (AvgIpc) is 3.53. The maximum Gasteiger partial charge on any atom is 0.223 e. The maximum atomic E-state index is 6.35. The molecule has 0 saturated heterocycles. The molecule has 0 N–H and O–H groups in total. The van der Waals surface area contributed by atoms with Gasteiger partial charge in [-0.15, -0.1) is 10.2 Å². The summed E-state index contributed by atoms with van der Waals surface area (Å²) in [6, 6.07) is 5.71. The predicted molar refractivity (Wildman–Crippen MR) is 116 cm³/mol. The van der Waals surface area contributed by atoms with E-state index in [0.29, 0.717) is 28.8 Å². The first-order valence-corrected chi connectivity index (χ1v) is 9.75. The topological polar surface area (TPSA) is 72.6 Å². The zero-order chi connectivity index (χ0) is 20.6. The first-order valence-electron chi connectivity index (χ1n) is 9.37. The van der Waals surface area contributed by atoms with Crippen molar-refractivity contribution < 1.29 is 4.74 Å². The highest BCUT2D eigenvalue weighted by molar-refractivity contribution is 6.30. The van der Waals surface area contributed by atoms with E-state index in [1.54, 1.807) is 18.6 Å². The fraction of sp³-hybridized carbons (Fsp3) is 0.318. The number of hydrogen-bond acceptors (Lipinski definition) is 6. The molecule has 1 fully saturated rings. The van der Waals surface area contributed by atoms with Gasteiger partial charge in [0.2, 0.25) is 5.88 Å². The van der Waals surface area contributed by atoms with Crippen molar-refractivity contribution in [3.8, 4) is 11.8 Å². The molecule has 2 aromatic rings. The number of allylic oxidation sites excluding steroid dienone is 1. The number of nitrogens with zero attached hydrogens (tertiary/aromatic N) is 5. The molecule has 0 aliphatic heterocycles. The van der Waals surface area contributed by atoms with Crippen LogP contribution in [0.4, 0.5) is 0 Å². The van der Waals surface area contributed by atoms with Crippen LogP contribution in [0.25, 0.3) is 5.57 Å². The molecule has 29 heavy (non-hydrogen) atoms. The average molecular weight is 408 g/mol. The molecule has 1 aliphatic rings. The Hall–Kier alpha value is -3.04. The van der Waals surface area contributed by atoms with E-state index < -0.39 is 0 Å². The number of methoxy groups -OCH3 is 1. The Labute approximate surface area is 175 Å². The number of rotatable bonds is 7. The number of aliphatic imine (C=N–C) groups is 2. The van der Waals surface area contributed by atoms with Crippen molar-refractivity contribution in [3.63, 3.8) is 0 Å². The zero-order valence-corrected chi connectivity index (χ0v) is 17.2. The van der Waals surface area contributed by atoms with Gasteiger partial charge in [0.15, 0.2) is 5.15 Å². The smallest absolute Gasteiger partial charge is 0.223 e. The third kappa shape index (κ3) is 5.27. The second kappa shape index (κ2) is 9.94. The maximum absolute atomic E-state index is 6.35. The Morgan fingerprint density at radius 3 is 2.86 bits per heavy atom. The molecule has 6 nitrogen and oxygen atoms in total. The number of ether oxygens (including phenoxy) is 1. The van der Waals surface area contributed by atoms with Crippen molar-refractivity contribution >= 4 is 30.1 Å². The molecular formula is C22H22ClN5O. The van der Waals surface area contributed by atoms with Crippen molar-refractivity contribution in [1.29, 1.82) is 0 Å². The number of halogens is 1. The molecule has 0 aromatic carbocycles. The molecule has 0 amide bonds. The third-order valence-electron chi connectivity index (χ3n) is 4.46. The van der Waals surface area contributed by atoms with Crippen LogP contribution in [0.2, 0.25) is 5.15 Å². The van der Waals surface area contributed by atoms with Crippen LogP contribution in [0, 0.1) is 17.8 Å². The number of pyridine rings is 1. The first-order chi connectivity index (χ1) is 14.2. The van der Waals surface area contributed by atoms with Crippen LogP contribution in [0.3, 0.4) is 0 Å². The largest absolute Gasteiger partial charge is 0.480 e. The van der Waals surface area contributed by atoms with E-state index in [1.165, 1.54) is 7.11 Å². The van der Waals surface area contributed by atoms with Crippen molar-refractivity contribution in [2.24, 2.45) is 15.9 Å². The van der Waals surface area contributed by atoms with Gasteiger partial charge in [0.1, 0.15) is 5.69 Å². The quantitative estimate of drug-likeness (QED) is 0.392. The standard InChI is InChI=1S/C22H22ClN5O/c1-4-9-26-14-19(22(24-2)29-3)20-13-18(21(23)28-27-20)17-12-16(17)6-5-15-7-10-25-11-8-15/h7-8,10-11,13-14,16-17H,2,4,9,12H2,1,3H3/b22-19-,26-14?. The van der Waals surface area contributed by atoms with Crippen LogP contribution in [0.1, 0.15) is 42.5 Å². The summed E-state index contributed by atoms with van der Waals surface area (Å²) in [6.07, 6.45) is 7.04. The molecule has 148 valence electrons. The van der Waals surface area contributed by atoms with E-state index in [4.69, 9.17) is 16.3 Å². The molecule has 3 rings (SSSR count). The van der Waals surface area contributed by atoms with Gasteiger partial charge in [-0.25, -0.2) is 4.99 Å². The van der Waals surface area contributed by atoms with Gasteiger partial charge in [-0.3, -0.25) is 9.98 Å². The summed E-state index contributed by atoms with van der Waals surface area (Å²) in [5.74, 6) is 7.30. The molecule has 1 aliphatic carbocycles. The van der Waals surface area contributed by atoms with E-state index >= 15 is 0 Å².